The molecule has 0 N–H and O–H groups in total. The van der Waals surface area contributed by atoms with Gasteiger partial charge in [0.2, 0.25) is 5.91 Å². The number of benzene rings is 3. The smallest absolute Gasteiger partial charge is 0.254 e. The summed E-state index contributed by atoms with van der Waals surface area (Å²) >= 11 is 0. The van der Waals surface area contributed by atoms with Crippen LogP contribution in [0.25, 0.3) is 11.3 Å². The van der Waals surface area contributed by atoms with E-state index in [1.807, 2.05) is 71.6 Å². The maximum absolute atomic E-state index is 13.6. The molecule has 1 aliphatic rings. The molecule has 4 aromatic rings. The summed E-state index contributed by atoms with van der Waals surface area (Å²) in [6.45, 7) is 3.03. The van der Waals surface area contributed by atoms with E-state index in [9.17, 15) is 9.59 Å². The van der Waals surface area contributed by atoms with Crippen molar-refractivity contribution in [2.24, 2.45) is 0 Å². The second kappa shape index (κ2) is 14.3. The quantitative estimate of drug-likeness (QED) is 0.272. The average molecular weight is 580 g/mol. The van der Waals surface area contributed by atoms with Gasteiger partial charge in [0.05, 0.1) is 19.9 Å². The first-order valence-electron chi connectivity index (χ1n) is 14.5. The Labute approximate surface area is 252 Å². The van der Waals surface area contributed by atoms with E-state index in [0.717, 1.165) is 41.4 Å². The van der Waals surface area contributed by atoms with Crippen LogP contribution in [0.3, 0.4) is 0 Å². The number of aromatic nitrogens is 2. The average Bonchev–Trinajstić information content (AvgIpc) is 3.33. The molecule has 43 heavy (non-hydrogen) atoms. The van der Waals surface area contributed by atoms with Gasteiger partial charge in [-0.3, -0.25) is 9.59 Å². The van der Waals surface area contributed by atoms with Crippen molar-refractivity contribution in [2.45, 2.75) is 12.8 Å². The molecule has 0 saturated carbocycles. The van der Waals surface area contributed by atoms with Crippen molar-refractivity contribution in [3.63, 3.8) is 0 Å². The molecular formula is C34H37N5O4. The highest BCUT2D eigenvalue weighted by molar-refractivity contribution is 5.96. The van der Waals surface area contributed by atoms with E-state index < -0.39 is 0 Å². The fourth-order valence-corrected chi connectivity index (χ4v) is 5.15. The van der Waals surface area contributed by atoms with Crippen LogP contribution in [-0.2, 0) is 11.2 Å². The molecule has 9 heteroatoms. The molecule has 1 aliphatic heterocycles. The Morgan fingerprint density at radius 3 is 2.12 bits per heavy atom. The number of carbonyl (C=O) groups excluding carboxylic acids is 2. The number of rotatable bonds is 10. The highest BCUT2D eigenvalue weighted by Gasteiger charge is 2.25. The molecule has 2 heterocycles. The third-order valence-corrected chi connectivity index (χ3v) is 7.67. The molecular weight excluding hydrogens is 542 g/mol. The van der Waals surface area contributed by atoms with E-state index >= 15 is 0 Å². The predicted octanol–water partition coefficient (Wildman–Crippen LogP) is 4.58. The lowest BCUT2D eigenvalue weighted by molar-refractivity contribution is -0.131. The van der Waals surface area contributed by atoms with Gasteiger partial charge in [0.15, 0.2) is 5.82 Å². The third kappa shape index (κ3) is 7.68. The predicted molar refractivity (Wildman–Crippen MR) is 166 cm³/mol. The van der Waals surface area contributed by atoms with Gasteiger partial charge in [-0.1, -0.05) is 30.3 Å². The molecule has 0 radical (unpaired) electrons. The van der Waals surface area contributed by atoms with Gasteiger partial charge in [0.1, 0.15) is 18.0 Å². The number of carbonyl (C=O) groups is 2. The number of hydrogen-bond donors (Lipinski definition) is 0. The summed E-state index contributed by atoms with van der Waals surface area (Å²) < 4.78 is 10.5. The van der Waals surface area contributed by atoms with Crippen molar-refractivity contribution < 1.29 is 19.1 Å². The monoisotopic (exact) mass is 579 g/mol. The summed E-state index contributed by atoms with van der Waals surface area (Å²) in [7, 11) is 3.23. The fourth-order valence-electron chi connectivity index (χ4n) is 5.15. The number of methoxy groups -OCH3 is 2. The van der Waals surface area contributed by atoms with Crippen LogP contribution in [0.2, 0.25) is 0 Å². The summed E-state index contributed by atoms with van der Waals surface area (Å²) in [6.07, 6.45) is 1.46. The number of hydrogen-bond acceptors (Lipinski definition) is 7. The van der Waals surface area contributed by atoms with E-state index in [1.54, 1.807) is 43.4 Å². The molecule has 1 aromatic heterocycles. The summed E-state index contributed by atoms with van der Waals surface area (Å²) in [5.74, 6) is 2.03. The van der Waals surface area contributed by atoms with Gasteiger partial charge in [0.25, 0.3) is 5.91 Å². The van der Waals surface area contributed by atoms with Crippen molar-refractivity contribution in [1.29, 1.82) is 0 Å². The Balaban J connectivity index is 1.22. The number of anilines is 1. The molecule has 3 aromatic carbocycles. The summed E-state index contributed by atoms with van der Waals surface area (Å²) in [5, 5.41) is 8.93. The molecule has 9 nitrogen and oxygen atoms in total. The topological polar surface area (TPSA) is 88.1 Å². The van der Waals surface area contributed by atoms with E-state index in [-0.39, 0.29) is 18.4 Å². The first-order chi connectivity index (χ1) is 21.0. The Hall–Kier alpha value is -4.92. The van der Waals surface area contributed by atoms with Crippen LogP contribution in [0, 0.1) is 0 Å². The third-order valence-electron chi connectivity index (χ3n) is 7.67. The standard InChI is InChI=1S/C34H37N5O4/c1-42-29-13-9-27(10-14-29)31-17-18-32(36-35-31)37-20-6-21-38(24-23-37)33(40)25-39(22-19-26-7-4-3-5-8-26)34(41)28-11-15-30(43-2)16-12-28/h3-5,7-18H,6,19-25H2,1-2H3. The lowest BCUT2D eigenvalue weighted by Crippen LogP contribution is -2.45. The van der Waals surface area contributed by atoms with Gasteiger partial charge in [-0.2, -0.15) is 0 Å². The highest BCUT2D eigenvalue weighted by atomic mass is 16.5. The van der Waals surface area contributed by atoms with Crippen LogP contribution < -0.4 is 14.4 Å². The normalized spacial score (nSPS) is 13.3. The zero-order chi connectivity index (χ0) is 30.0. The first kappa shape index (κ1) is 29.6. The molecule has 5 rings (SSSR count). The van der Waals surface area contributed by atoms with Gasteiger partial charge < -0.3 is 24.2 Å². The first-order valence-corrected chi connectivity index (χ1v) is 14.5. The zero-order valence-electron chi connectivity index (χ0n) is 24.7. The zero-order valence-corrected chi connectivity index (χ0v) is 24.7. The van der Waals surface area contributed by atoms with Crippen molar-refractivity contribution in [3.8, 4) is 22.8 Å². The molecule has 0 spiro atoms. The summed E-state index contributed by atoms with van der Waals surface area (Å²) in [5.41, 5.74) is 3.40. The van der Waals surface area contributed by atoms with Crippen LogP contribution in [-0.4, -0.2) is 85.3 Å². The number of ether oxygens (including phenoxy) is 2. The van der Waals surface area contributed by atoms with Gasteiger partial charge in [-0.15, -0.1) is 10.2 Å². The Bertz CT molecular complexity index is 1480. The second-order valence-corrected chi connectivity index (χ2v) is 10.4. The minimum Gasteiger partial charge on any atom is -0.497 e. The largest absolute Gasteiger partial charge is 0.497 e. The van der Waals surface area contributed by atoms with Crippen LogP contribution >= 0.6 is 0 Å². The lowest BCUT2D eigenvalue weighted by Gasteiger charge is -2.27. The van der Waals surface area contributed by atoms with E-state index in [2.05, 4.69) is 15.1 Å². The summed E-state index contributed by atoms with van der Waals surface area (Å²) in [6, 6.07) is 28.7. The minimum absolute atomic E-state index is 0.0219. The van der Waals surface area contributed by atoms with Gasteiger partial charge in [-0.25, -0.2) is 0 Å². The maximum Gasteiger partial charge on any atom is 0.254 e. The molecule has 0 aliphatic carbocycles. The van der Waals surface area contributed by atoms with Gasteiger partial charge in [-0.05, 0) is 79.1 Å². The second-order valence-electron chi connectivity index (χ2n) is 10.4. The highest BCUT2D eigenvalue weighted by Crippen LogP contribution is 2.22. The van der Waals surface area contributed by atoms with E-state index in [4.69, 9.17) is 9.47 Å². The SMILES string of the molecule is COc1ccc(C(=O)N(CCc2ccccc2)CC(=O)N2CCCN(c3ccc(-c4ccc(OC)cc4)nn3)CC2)cc1. The van der Waals surface area contributed by atoms with Crippen LogP contribution in [0.4, 0.5) is 5.82 Å². The molecule has 0 unspecified atom stereocenters. The maximum atomic E-state index is 13.6. The number of nitrogens with zero attached hydrogens (tertiary/aromatic N) is 5. The number of amides is 2. The molecule has 0 bridgehead atoms. The molecule has 1 fully saturated rings. The lowest BCUT2D eigenvalue weighted by atomic mass is 10.1. The Morgan fingerprint density at radius 2 is 1.47 bits per heavy atom. The minimum atomic E-state index is -0.171. The van der Waals surface area contributed by atoms with Crippen LogP contribution in [0.5, 0.6) is 11.5 Å². The van der Waals surface area contributed by atoms with Gasteiger partial charge in [0, 0.05) is 43.9 Å². The van der Waals surface area contributed by atoms with Gasteiger partial charge >= 0.3 is 0 Å². The van der Waals surface area contributed by atoms with E-state index in [0.29, 0.717) is 43.9 Å². The van der Waals surface area contributed by atoms with Crippen molar-refractivity contribution in [3.05, 3.63) is 102 Å². The van der Waals surface area contributed by atoms with Crippen molar-refractivity contribution in [2.75, 3.05) is 58.4 Å². The molecule has 2 amide bonds. The Kier molecular flexibility index (Phi) is 9.84. The molecule has 0 atom stereocenters. The van der Waals surface area contributed by atoms with Crippen LogP contribution in [0.15, 0.2) is 91.0 Å². The van der Waals surface area contributed by atoms with E-state index in [1.165, 1.54) is 0 Å². The van der Waals surface area contributed by atoms with Crippen molar-refractivity contribution in [1.82, 2.24) is 20.0 Å². The van der Waals surface area contributed by atoms with Crippen LogP contribution in [0.1, 0.15) is 22.3 Å². The van der Waals surface area contributed by atoms with Crippen molar-refractivity contribution >= 4 is 17.6 Å². The summed E-state index contributed by atoms with van der Waals surface area (Å²) in [4.78, 5) is 32.8. The molecule has 222 valence electrons. The Morgan fingerprint density at radius 1 is 0.767 bits per heavy atom. The molecule has 1 saturated heterocycles. The fraction of sp³-hybridized carbons (Fsp3) is 0.294.